The van der Waals surface area contributed by atoms with Crippen LogP contribution < -0.4 is 0 Å². The number of nitrogens with zero attached hydrogens (tertiary/aromatic N) is 2. The van der Waals surface area contributed by atoms with Crippen LogP contribution >= 0.6 is 34.8 Å². The molecule has 3 nitrogen and oxygen atoms in total. The summed E-state index contributed by atoms with van der Waals surface area (Å²) in [7, 11) is 0. The molecule has 0 aliphatic heterocycles. The SMILES string of the molecule is CCCCCN(Cc1cccn1Cc1cccc(Cl)c1)C(=O)C(Cl)Cl. The molecule has 0 N–H and O–H groups in total. The van der Waals surface area contributed by atoms with Crippen LogP contribution in [0.5, 0.6) is 0 Å². The number of amides is 1. The Morgan fingerprint density at radius 2 is 2.00 bits per heavy atom. The molecule has 0 aliphatic rings. The monoisotopic (exact) mass is 400 g/mol. The second-order valence-corrected chi connectivity index (χ2v) is 7.56. The molecule has 136 valence electrons. The molecule has 0 aliphatic carbocycles. The Bertz CT molecular complexity index is 685. The summed E-state index contributed by atoms with van der Waals surface area (Å²) in [4.78, 5) is 13.0. The van der Waals surface area contributed by atoms with Crippen LogP contribution in [0, 0.1) is 0 Å². The summed E-state index contributed by atoms with van der Waals surface area (Å²) in [6.07, 6.45) is 5.11. The third-order valence-corrected chi connectivity index (χ3v) is 4.66. The quantitative estimate of drug-likeness (QED) is 0.401. The van der Waals surface area contributed by atoms with Gasteiger partial charge in [-0.25, -0.2) is 0 Å². The molecule has 0 saturated carbocycles. The molecule has 25 heavy (non-hydrogen) atoms. The maximum absolute atomic E-state index is 12.3. The highest BCUT2D eigenvalue weighted by Gasteiger charge is 2.21. The van der Waals surface area contributed by atoms with Gasteiger partial charge in [-0.1, -0.05) is 66.7 Å². The molecular formula is C19H23Cl3N2O. The molecule has 2 rings (SSSR count). The van der Waals surface area contributed by atoms with Gasteiger partial charge in [-0.2, -0.15) is 0 Å². The van der Waals surface area contributed by atoms with E-state index in [2.05, 4.69) is 11.5 Å². The van der Waals surface area contributed by atoms with E-state index in [1.165, 1.54) is 0 Å². The number of aromatic nitrogens is 1. The van der Waals surface area contributed by atoms with Crippen LogP contribution in [0.25, 0.3) is 0 Å². The van der Waals surface area contributed by atoms with E-state index in [1.807, 2.05) is 42.6 Å². The van der Waals surface area contributed by atoms with Crippen molar-refractivity contribution < 1.29 is 4.79 Å². The lowest BCUT2D eigenvalue weighted by Gasteiger charge is -2.24. The minimum absolute atomic E-state index is 0.241. The third kappa shape index (κ3) is 6.25. The van der Waals surface area contributed by atoms with Crippen LogP contribution in [0.1, 0.15) is 37.4 Å². The molecular weight excluding hydrogens is 379 g/mol. The summed E-state index contributed by atoms with van der Waals surface area (Å²) in [6, 6.07) is 11.8. The van der Waals surface area contributed by atoms with Crippen LogP contribution in [0.15, 0.2) is 42.6 Å². The Hall–Kier alpha value is -1.16. The van der Waals surface area contributed by atoms with Gasteiger partial charge in [-0.3, -0.25) is 4.79 Å². The molecule has 0 saturated heterocycles. The Labute approximate surface area is 164 Å². The number of carbonyl (C=O) groups is 1. The van der Waals surface area contributed by atoms with Crippen molar-refractivity contribution in [3.05, 3.63) is 58.9 Å². The highest BCUT2D eigenvalue weighted by Crippen LogP contribution is 2.17. The van der Waals surface area contributed by atoms with Crippen molar-refractivity contribution in [3.8, 4) is 0 Å². The van der Waals surface area contributed by atoms with Crippen molar-refractivity contribution in [2.45, 2.75) is 44.1 Å². The normalized spacial score (nSPS) is 11.1. The zero-order chi connectivity index (χ0) is 18.2. The van der Waals surface area contributed by atoms with E-state index in [0.717, 1.165) is 35.5 Å². The van der Waals surface area contributed by atoms with Gasteiger partial charge in [0.2, 0.25) is 0 Å². The summed E-state index contributed by atoms with van der Waals surface area (Å²) in [5.41, 5.74) is 2.15. The smallest absolute Gasteiger partial charge is 0.256 e. The van der Waals surface area contributed by atoms with E-state index in [4.69, 9.17) is 34.8 Å². The van der Waals surface area contributed by atoms with Crippen molar-refractivity contribution in [1.82, 2.24) is 9.47 Å². The van der Waals surface area contributed by atoms with Crippen LogP contribution in [0.2, 0.25) is 5.02 Å². The van der Waals surface area contributed by atoms with Crippen molar-refractivity contribution >= 4 is 40.7 Å². The Balaban J connectivity index is 2.11. The molecule has 2 aromatic rings. The Morgan fingerprint density at radius 1 is 1.20 bits per heavy atom. The molecule has 1 amide bonds. The van der Waals surface area contributed by atoms with Gasteiger partial charge < -0.3 is 9.47 Å². The molecule has 0 bridgehead atoms. The molecule has 0 spiro atoms. The predicted octanol–water partition coefficient (Wildman–Crippen LogP) is 5.51. The van der Waals surface area contributed by atoms with E-state index < -0.39 is 4.84 Å². The summed E-state index contributed by atoms with van der Waals surface area (Å²) in [5, 5.41) is 0.717. The topological polar surface area (TPSA) is 25.2 Å². The van der Waals surface area contributed by atoms with Crippen molar-refractivity contribution in [2.75, 3.05) is 6.54 Å². The molecule has 0 fully saturated rings. The Kier molecular flexibility index (Phi) is 8.14. The molecule has 0 unspecified atom stereocenters. The molecule has 1 aromatic heterocycles. The Morgan fingerprint density at radius 3 is 2.68 bits per heavy atom. The zero-order valence-electron chi connectivity index (χ0n) is 14.3. The minimum Gasteiger partial charge on any atom is -0.345 e. The van der Waals surface area contributed by atoms with Crippen LogP contribution in [0.4, 0.5) is 0 Å². The number of benzene rings is 1. The van der Waals surface area contributed by atoms with Gasteiger partial charge in [-0.05, 0) is 36.2 Å². The highest BCUT2D eigenvalue weighted by atomic mass is 35.5. The largest absolute Gasteiger partial charge is 0.345 e. The number of unbranched alkanes of at least 4 members (excludes halogenated alkanes) is 2. The van der Waals surface area contributed by atoms with E-state index in [-0.39, 0.29) is 5.91 Å². The molecule has 6 heteroatoms. The van der Waals surface area contributed by atoms with Gasteiger partial charge in [0.15, 0.2) is 4.84 Å². The number of alkyl halides is 2. The van der Waals surface area contributed by atoms with Crippen LogP contribution in [-0.2, 0) is 17.9 Å². The summed E-state index contributed by atoms with van der Waals surface area (Å²) < 4.78 is 2.11. The van der Waals surface area contributed by atoms with Crippen LogP contribution in [-0.4, -0.2) is 26.8 Å². The predicted molar refractivity (Wildman–Crippen MR) is 105 cm³/mol. The second kappa shape index (κ2) is 10.1. The van der Waals surface area contributed by atoms with Crippen LogP contribution in [0.3, 0.4) is 0 Å². The second-order valence-electron chi connectivity index (χ2n) is 6.02. The number of carbonyl (C=O) groups excluding carboxylic acids is 1. The standard InChI is InChI=1S/C19H23Cl3N2O/c1-2-3-4-10-24(19(25)18(21)22)14-17-9-6-11-23(17)13-15-7-5-8-16(20)12-15/h5-9,11-12,18H,2-4,10,13-14H2,1H3. The van der Waals surface area contributed by atoms with Gasteiger partial charge in [0, 0.05) is 30.0 Å². The first-order chi connectivity index (χ1) is 12.0. The van der Waals surface area contributed by atoms with Gasteiger partial charge in [0.25, 0.3) is 5.91 Å². The number of hydrogen-bond acceptors (Lipinski definition) is 1. The van der Waals surface area contributed by atoms with Gasteiger partial charge in [0.1, 0.15) is 0 Å². The lowest BCUT2D eigenvalue weighted by atomic mass is 10.2. The van der Waals surface area contributed by atoms with Crippen molar-refractivity contribution in [2.24, 2.45) is 0 Å². The van der Waals surface area contributed by atoms with E-state index in [0.29, 0.717) is 19.6 Å². The maximum Gasteiger partial charge on any atom is 0.256 e. The van der Waals surface area contributed by atoms with Crippen molar-refractivity contribution in [1.29, 1.82) is 0 Å². The average Bonchev–Trinajstić information content (AvgIpc) is 3.00. The lowest BCUT2D eigenvalue weighted by Crippen LogP contribution is -2.35. The first-order valence-corrected chi connectivity index (χ1v) is 9.71. The summed E-state index contributed by atoms with van der Waals surface area (Å²) >= 11 is 17.7. The molecule has 1 heterocycles. The fraction of sp³-hybridized carbons (Fsp3) is 0.421. The lowest BCUT2D eigenvalue weighted by molar-refractivity contribution is -0.130. The third-order valence-electron chi connectivity index (χ3n) is 4.05. The van der Waals surface area contributed by atoms with E-state index >= 15 is 0 Å². The van der Waals surface area contributed by atoms with Gasteiger partial charge >= 0.3 is 0 Å². The minimum atomic E-state index is -1.03. The fourth-order valence-corrected chi connectivity index (χ4v) is 3.22. The van der Waals surface area contributed by atoms with Gasteiger partial charge in [-0.15, -0.1) is 0 Å². The average molecular weight is 402 g/mol. The fourth-order valence-electron chi connectivity index (χ4n) is 2.73. The number of rotatable bonds is 9. The van der Waals surface area contributed by atoms with E-state index in [1.54, 1.807) is 4.90 Å². The molecule has 1 aromatic carbocycles. The number of halogens is 3. The first kappa shape index (κ1) is 20.2. The number of hydrogen-bond donors (Lipinski definition) is 0. The summed E-state index contributed by atoms with van der Waals surface area (Å²) in [6.45, 7) is 3.98. The molecule has 0 atom stereocenters. The van der Waals surface area contributed by atoms with Gasteiger partial charge in [0.05, 0.1) is 6.54 Å². The highest BCUT2D eigenvalue weighted by molar-refractivity contribution is 6.53. The van der Waals surface area contributed by atoms with Crippen molar-refractivity contribution in [3.63, 3.8) is 0 Å². The van der Waals surface area contributed by atoms with E-state index in [9.17, 15) is 4.79 Å². The maximum atomic E-state index is 12.3. The summed E-state index contributed by atoms with van der Waals surface area (Å²) in [5.74, 6) is -0.241. The zero-order valence-corrected chi connectivity index (χ0v) is 16.6. The molecule has 0 radical (unpaired) electrons. The first-order valence-electron chi connectivity index (χ1n) is 8.46.